The second kappa shape index (κ2) is 3.35. The van der Waals surface area contributed by atoms with Gasteiger partial charge in [0.15, 0.2) is 5.43 Å². The second-order valence-electron chi connectivity index (χ2n) is 4.07. The first-order chi connectivity index (χ1) is 8.15. The lowest BCUT2D eigenvalue weighted by Crippen LogP contribution is -2.00. The highest BCUT2D eigenvalue weighted by Gasteiger charge is 2.07. The Balaban J connectivity index is 2.63. The van der Waals surface area contributed by atoms with E-state index in [1.165, 1.54) is 6.07 Å². The summed E-state index contributed by atoms with van der Waals surface area (Å²) < 4.78 is 5.51. The fraction of sp³-hybridized carbons (Fsp3) is 0.0714. The minimum Gasteiger partial charge on any atom is -0.508 e. The summed E-state index contributed by atoms with van der Waals surface area (Å²) in [6.07, 6.45) is 0. The van der Waals surface area contributed by atoms with Crippen LogP contribution in [0.25, 0.3) is 21.7 Å². The van der Waals surface area contributed by atoms with Gasteiger partial charge in [-0.3, -0.25) is 4.79 Å². The zero-order valence-electron chi connectivity index (χ0n) is 9.23. The van der Waals surface area contributed by atoms with Gasteiger partial charge in [0.05, 0.1) is 5.39 Å². The lowest BCUT2D eigenvalue weighted by molar-refractivity contribution is 0.476. The molecule has 1 aromatic heterocycles. The van der Waals surface area contributed by atoms with Gasteiger partial charge in [-0.05, 0) is 30.5 Å². The Morgan fingerprint density at radius 1 is 1.12 bits per heavy atom. The van der Waals surface area contributed by atoms with Crippen LogP contribution in [-0.2, 0) is 0 Å². The molecule has 0 saturated carbocycles. The Kier molecular flexibility index (Phi) is 1.95. The van der Waals surface area contributed by atoms with Crippen molar-refractivity contribution in [1.82, 2.24) is 0 Å². The van der Waals surface area contributed by atoms with E-state index in [1.54, 1.807) is 31.2 Å². The van der Waals surface area contributed by atoms with Gasteiger partial charge in [-0.1, -0.05) is 12.1 Å². The fourth-order valence-corrected chi connectivity index (χ4v) is 2.09. The van der Waals surface area contributed by atoms with E-state index in [4.69, 9.17) is 4.42 Å². The molecule has 1 N–H and O–H groups in total. The van der Waals surface area contributed by atoms with E-state index in [1.807, 2.05) is 6.07 Å². The monoisotopic (exact) mass is 226 g/mol. The molecule has 1 heterocycles. The Labute approximate surface area is 96.9 Å². The molecule has 84 valence electrons. The Morgan fingerprint density at radius 3 is 2.71 bits per heavy atom. The van der Waals surface area contributed by atoms with E-state index in [0.29, 0.717) is 16.7 Å². The van der Waals surface area contributed by atoms with E-state index < -0.39 is 0 Å². The van der Waals surface area contributed by atoms with Gasteiger partial charge in [-0.25, -0.2) is 0 Å². The first kappa shape index (κ1) is 9.90. The maximum Gasteiger partial charge on any atom is 0.193 e. The van der Waals surface area contributed by atoms with Crippen LogP contribution in [0.3, 0.4) is 0 Å². The van der Waals surface area contributed by atoms with E-state index in [-0.39, 0.29) is 11.2 Å². The van der Waals surface area contributed by atoms with Crippen molar-refractivity contribution in [2.24, 2.45) is 0 Å². The first-order valence-corrected chi connectivity index (χ1v) is 5.31. The summed E-state index contributed by atoms with van der Waals surface area (Å²) in [5, 5.41) is 11.6. The van der Waals surface area contributed by atoms with Crippen molar-refractivity contribution in [3.8, 4) is 5.75 Å². The Morgan fingerprint density at radius 2 is 1.88 bits per heavy atom. The molecule has 3 heteroatoms. The summed E-state index contributed by atoms with van der Waals surface area (Å²) in [4.78, 5) is 12.0. The molecule has 0 spiro atoms. The van der Waals surface area contributed by atoms with Gasteiger partial charge >= 0.3 is 0 Å². The third-order valence-electron chi connectivity index (χ3n) is 2.82. The zero-order valence-corrected chi connectivity index (χ0v) is 9.23. The summed E-state index contributed by atoms with van der Waals surface area (Å²) >= 11 is 0. The number of aryl methyl sites for hydroxylation is 1. The van der Waals surface area contributed by atoms with Gasteiger partial charge < -0.3 is 9.52 Å². The highest BCUT2D eigenvalue weighted by Crippen LogP contribution is 2.26. The van der Waals surface area contributed by atoms with Crippen LogP contribution in [-0.4, -0.2) is 5.11 Å². The molecule has 17 heavy (non-hydrogen) atoms. The summed E-state index contributed by atoms with van der Waals surface area (Å²) in [5.41, 5.74) is 0.466. The average Bonchev–Trinajstić information content (AvgIpc) is 2.27. The number of aromatic hydroxyl groups is 1. The predicted octanol–water partition coefficient (Wildman–Crippen LogP) is 2.96. The molecule has 3 rings (SSSR count). The summed E-state index contributed by atoms with van der Waals surface area (Å²) in [6, 6.07) is 10.1. The highest BCUT2D eigenvalue weighted by atomic mass is 16.3. The van der Waals surface area contributed by atoms with Crippen molar-refractivity contribution in [2.45, 2.75) is 6.92 Å². The van der Waals surface area contributed by atoms with Crippen molar-refractivity contribution in [3.05, 3.63) is 52.4 Å². The lowest BCUT2D eigenvalue weighted by atomic mass is 10.1. The number of rotatable bonds is 0. The molecule has 3 nitrogen and oxygen atoms in total. The second-order valence-corrected chi connectivity index (χ2v) is 4.07. The molecule has 3 aromatic rings. The molecule has 0 radical (unpaired) electrons. The smallest absolute Gasteiger partial charge is 0.193 e. The fourth-order valence-electron chi connectivity index (χ4n) is 2.09. The van der Waals surface area contributed by atoms with Crippen LogP contribution in [0.15, 0.2) is 45.6 Å². The van der Waals surface area contributed by atoms with Gasteiger partial charge in [0.1, 0.15) is 17.1 Å². The van der Waals surface area contributed by atoms with E-state index in [0.717, 1.165) is 10.8 Å². The van der Waals surface area contributed by atoms with Crippen molar-refractivity contribution < 1.29 is 9.52 Å². The molecule has 0 aliphatic rings. The number of phenols is 1. The van der Waals surface area contributed by atoms with E-state index in [2.05, 4.69) is 0 Å². The van der Waals surface area contributed by atoms with Crippen LogP contribution in [0.2, 0.25) is 0 Å². The number of fused-ring (bicyclic) bond motifs is 3. The molecule has 2 aromatic carbocycles. The van der Waals surface area contributed by atoms with Gasteiger partial charge in [0, 0.05) is 11.5 Å². The Bertz CT molecular complexity index is 784. The molecule has 0 fully saturated rings. The molecule has 0 saturated heterocycles. The molecule has 0 aliphatic carbocycles. The maximum atomic E-state index is 12.0. The standard InChI is InChI=1S/C14H10O3/c1-8-6-12(16)14-11-7-10(15)4-2-9(11)3-5-13(14)17-8/h2-7,15H,1H3. The van der Waals surface area contributed by atoms with Crippen molar-refractivity contribution in [3.63, 3.8) is 0 Å². The van der Waals surface area contributed by atoms with Crippen LogP contribution in [0, 0.1) is 6.92 Å². The van der Waals surface area contributed by atoms with E-state index in [9.17, 15) is 9.90 Å². The average molecular weight is 226 g/mol. The summed E-state index contributed by atoms with van der Waals surface area (Å²) in [5.74, 6) is 0.729. The SMILES string of the molecule is Cc1cc(=O)c2c(ccc3ccc(O)cc32)o1. The van der Waals surface area contributed by atoms with Gasteiger partial charge in [0.25, 0.3) is 0 Å². The summed E-state index contributed by atoms with van der Waals surface area (Å²) in [6.45, 7) is 1.74. The molecule has 0 amide bonds. The minimum atomic E-state index is -0.0834. The van der Waals surface area contributed by atoms with Crippen LogP contribution >= 0.6 is 0 Å². The number of hydrogen-bond acceptors (Lipinski definition) is 3. The molecule has 0 bridgehead atoms. The topological polar surface area (TPSA) is 50.4 Å². The maximum absolute atomic E-state index is 12.0. The number of benzene rings is 2. The van der Waals surface area contributed by atoms with Crippen LogP contribution < -0.4 is 5.43 Å². The molecular formula is C14H10O3. The van der Waals surface area contributed by atoms with Crippen LogP contribution in [0.4, 0.5) is 0 Å². The number of hydrogen-bond donors (Lipinski definition) is 1. The molecule has 0 aliphatic heterocycles. The third kappa shape index (κ3) is 1.47. The quantitative estimate of drug-likeness (QED) is 0.599. The van der Waals surface area contributed by atoms with Gasteiger partial charge in [-0.15, -0.1) is 0 Å². The van der Waals surface area contributed by atoms with Crippen molar-refractivity contribution in [2.75, 3.05) is 0 Å². The van der Waals surface area contributed by atoms with Crippen LogP contribution in [0.1, 0.15) is 5.76 Å². The van der Waals surface area contributed by atoms with Gasteiger partial charge in [-0.2, -0.15) is 0 Å². The van der Waals surface area contributed by atoms with Crippen molar-refractivity contribution >= 4 is 21.7 Å². The lowest BCUT2D eigenvalue weighted by Gasteiger charge is -2.03. The largest absolute Gasteiger partial charge is 0.508 e. The van der Waals surface area contributed by atoms with Crippen molar-refractivity contribution in [1.29, 1.82) is 0 Å². The normalized spacial score (nSPS) is 11.1. The zero-order chi connectivity index (χ0) is 12.0. The molecular weight excluding hydrogens is 216 g/mol. The first-order valence-electron chi connectivity index (χ1n) is 5.31. The van der Waals surface area contributed by atoms with Crippen LogP contribution in [0.5, 0.6) is 5.75 Å². The molecule has 0 atom stereocenters. The predicted molar refractivity (Wildman–Crippen MR) is 66.4 cm³/mol. The Hall–Kier alpha value is -2.29. The van der Waals surface area contributed by atoms with Gasteiger partial charge in [0.2, 0.25) is 0 Å². The number of phenolic OH excluding ortho intramolecular Hbond substituents is 1. The summed E-state index contributed by atoms with van der Waals surface area (Å²) in [7, 11) is 0. The minimum absolute atomic E-state index is 0.0834. The molecule has 0 unspecified atom stereocenters. The third-order valence-corrected chi connectivity index (χ3v) is 2.82. The highest BCUT2D eigenvalue weighted by molar-refractivity contribution is 6.05. The van der Waals surface area contributed by atoms with E-state index >= 15 is 0 Å².